The van der Waals surface area contributed by atoms with Gasteiger partial charge in [0.25, 0.3) is 0 Å². The van der Waals surface area contributed by atoms with Crippen LogP contribution in [0.25, 0.3) is 0 Å². The van der Waals surface area contributed by atoms with Gasteiger partial charge in [-0.25, -0.2) is 0 Å². The van der Waals surface area contributed by atoms with Gasteiger partial charge in [0.15, 0.2) is 0 Å². The fraction of sp³-hybridized carbons (Fsp3) is 0.833. The zero-order valence-corrected chi connectivity index (χ0v) is 10.4. The maximum Gasteiger partial charge on any atom is 0.236 e. The van der Waals surface area contributed by atoms with Gasteiger partial charge in [0, 0.05) is 25.6 Å². The Morgan fingerprint density at radius 1 is 1.53 bits per heavy atom. The summed E-state index contributed by atoms with van der Waals surface area (Å²) in [5, 5.41) is 5.95. The third kappa shape index (κ3) is 4.83. The van der Waals surface area contributed by atoms with Crippen molar-refractivity contribution in [1.29, 1.82) is 0 Å². The summed E-state index contributed by atoms with van der Waals surface area (Å²) in [6, 6.07) is 0.255. The van der Waals surface area contributed by atoms with Crippen LogP contribution in [0.5, 0.6) is 0 Å². The lowest BCUT2D eigenvalue weighted by molar-refractivity contribution is -0.123. The SMILES string of the molecule is CNC(=O)C(CCC=O)NC1CCCC(N)C1. The molecule has 98 valence electrons. The molecule has 1 saturated carbocycles. The summed E-state index contributed by atoms with van der Waals surface area (Å²) in [4.78, 5) is 22.0. The molecular weight excluding hydrogens is 218 g/mol. The normalized spacial score (nSPS) is 26.2. The van der Waals surface area contributed by atoms with Crippen LogP contribution in [0.3, 0.4) is 0 Å². The lowest BCUT2D eigenvalue weighted by Crippen LogP contribution is -2.50. The molecule has 3 atom stereocenters. The summed E-state index contributed by atoms with van der Waals surface area (Å²) in [5.74, 6) is -0.0500. The quantitative estimate of drug-likeness (QED) is 0.569. The second kappa shape index (κ2) is 7.40. The van der Waals surface area contributed by atoms with E-state index in [1.165, 1.54) is 0 Å². The van der Waals surface area contributed by atoms with Crippen molar-refractivity contribution in [1.82, 2.24) is 10.6 Å². The molecule has 0 aliphatic heterocycles. The van der Waals surface area contributed by atoms with Crippen LogP contribution in [0.1, 0.15) is 38.5 Å². The molecule has 0 aromatic carbocycles. The van der Waals surface area contributed by atoms with Gasteiger partial charge in [-0.2, -0.15) is 0 Å². The van der Waals surface area contributed by atoms with Gasteiger partial charge < -0.3 is 21.2 Å². The molecule has 0 saturated heterocycles. The average Bonchev–Trinajstić information content (AvgIpc) is 2.33. The topological polar surface area (TPSA) is 84.2 Å². The first-order valence-corrected chi connectivity index (χ1v) is 6.34. The molecule has 1 aliphatic rings. The molecule has 5 nitrogen and oxygen atoms in total. The molecule has 17 heavy (non-hydrogen) atoms. The molecular formula is C12H23N3O2. The van der Waals surface area contributed by atoms with Crippen LogP contribution >= 0.6 is 0 Å². The standard InChI is InChI=1S/C12H23N3O2/c1-14-12(17)11(6-3-7-16)15-10-5-2-4-9(13)8-10/h7,9-11,15H,2-6,8,13H2,1H3,(H,14,17). The van der Waals surface area contributed by atoms with Gasteiger partial charge in [-0.3, -0.25) is 4.79 Å². The van der Waals surface area contributed by atoms with Crippen molar-refractivity contribution in [2.75, 3.05) is 7.05 Å². The molecule has 0 spiro atoms. The van der Waals surface area contributed by atoms with Crippen molar-refractivity contribution in [3.8, 4) is 0 Å². The van der Waals surface area contributed by atoms with Crippen LogP contribution in [0.4, 0.5) is 0 Å². The van der Waals surface area contributed by atoms with Crippen molar-refractivity contribution in [2.45, 2.75) is 56.7 Å². The second-order valence-corrected chi connectivity index (χ2v) is 4.70. The highest BCUT2D eigenvalue weighted by Crippen LogP contribution is 2.17. The highest BCUT2D eigenvalue weighted by atomic mass is 16.2. The molecule has 1 amide bonds. The number of likely N-dealkylation sites (N-methyl/N-ethyl adjacent to an activating group) is 1. The molecule has 3 unspecified atom stereocenters. The number of hydrogen-bond donors (Lipinski definition) is 3. The summed E-state index contributed by atoms with van der Waals surface area (Å²) >= 11 is 0. The third-order valence-corrected chi connectivity index (χ3v) is 3.29. The Labute approximate surface area is 103 Å². The maximum atomic E-state index is 11.7. The molecule has 1 aliphatic carbocycles. The van der Waals surface area contributed by atoms with Gasteiger partial charge in [-0.05, 0) is 25.7 Å². The van der Waals surface area contributed by atoms with Crippen molar-refractivity contribution in [3.63, 3.8) is 0 Å². The Morgan fingerprint density at radius 2 is 2.29 bits per heavy atom. The van der Waals surface area contributed by atoms with Crippen LogP contribution in [0, 0.1) is 0 Å². The first-order valence-electron chi connectivity index (χ1n) is 6.34. The van der Waals surface area contributed by atoms with E-state index in [4.69, 9.17) is 5.73 Å². The highest BCUT2D eigenvalue weighted by Gasteiger charge is 2.24. The van der Waals surface area contributed by atoms with E-state index in [9.17, 15) is 9.59 Å². The predicted molar refractivity (Wildman–Crippen MR) is 66.5 cm³/mol. The molecule has 0 aromatic rings. The first kappa shape index (κ1) is 14.1. The molecule has 0 bridgehead atoms. The van der Waals surface area contributed by atoms with E-state index < -0.39 is 0 Å². The Morgan fingerprint density at radius 3 is 2.88 bits per heavy atom. The number of nitrogens with one attached hydrogen (secondary N) is 2. The summed E-state index contributed by atoms with van der Waals surface area (Å²) in [6.07, 6.45) is 5.95. The molecule has 0 heterocycles. The van der Waals surface area contributed by atoms with E-state index in [0.717, 1.165) is 32.0 Å². The minimum atomic E-state index is -0.277. The van der Waals surface area contributed by atoms with Crippen LogP contribution < -0.4 is 16.4 Å². The van der Waals surface area contributed by atoms with Crippen molar-refractivity contribution in [3.05, 3.63) is 0 Å². The zero-order chi connectivity index (χ0) is 12.7. The summed E-state index contributed by atoms with van der Waals surface area (Å²) in [5.41, 5.74) is 5.91. The molecule has 4 N–H and O–H groups in total. The molecule has 0 aromatic heterocycles. The lowest BCUT2D eigenvalue weighted by atomic mass is 9.91. The fourth-order valence-corrected chi connectivity index (χ4v) is 2.36. The third-order valence-electron chi connectivity index (χ3n) is 3.29. The molecule has 1 fully saturated rings. The van der Waals surface area contributed by atoms with Gasteiger partial charge in [0.2, 0.25) is 5.91 Å². The van der Waals surface area contributed by atoms with Crippen molar-refractivity contribution >= 4 is 12.2 Å². The van der Waals surface area contributed by atoms with Gasteiger partial charge in [-0.15, -0.1) is 0 Å². The van der Waals surface area contributed by atoms with Gasteiger partial charge >= 0.3 is 0 Å². The number of hydrogen-bond acceptors (Lipinski definition) is 4. The Bertz CT molecular complexity index is 258. The largest absolute Gasteiger partial charge is 0.358 e. The molecule has 1 rings (SSSR count). The van der Waals surface area contributed by atoms with Crippen LogP contribution in [0.15, 0.2) is 0 Å². The zero-order valence-electron chi connectivity index (χ0n) is 10.4. The van der Waals surface area contributed by atoms with Crippen molar-refractivity contribution < 1.29 is 9.59 Å². The fourth-order valence-electron chi connectivity index (χ4n) is 2.36. The number of carbonyl (C=O) groups excluding carboxylic acids is 2. The van der Waals surface area contributed by atoms with Crippen LogP contribution in [-0.2, 0) is 9.59 Å². The summed E-state index contributed by atoms with van der Waals surface area (Å²) < 4.78 is 0. The maximum absolute atomic E-state index is 11.7. The van der Waals surface area contributed by atoms with Crippen LogP contribution in [-0.4, -0.2) is 37.4 Å². The van der Waals surface area contributed by atoms with Crippen LogP contribution in [0.2, 0.25) is 0 Å². The number of carbonyl (C=O) groups is 2. The number of rotatable bonds is 6. The van der Waals surface area contributed by atoms with E-state index >= 15 is 0 Å². The van der Waals surface area contributed by atoms with E-state index in [1.807, 2.05) is 0 Å². The Kier molecular flexibility index (Phi) is 6.15. The van der Waals surface area contributed by atoms with E-state index in [2.05, 4.69) is 10.6 Å². The van der Waals surface area contributed by atoms with Gasteiger partial charge in [0.1, 0.15) is 6.29 Å². The minimum absolute atomic E-state index is 0.0500. The highest BCUT2D eigenvalue weighted by molar-refractivity contribution is 5.81. The summed E-state index contributed by atoms with van der Waals surface area (Å²) in [7, 11) is 1.62. The Hall–Kier alpha value is -0.940. The number of aldehydes is 1. The summed E-state index contributed by atoms with van der Waals surface area (Å²) in [6.45, 7) is 0. The average molecular weight is 241 g/mol. The smallest absolute Gasteiger partial charge is 0.236 e. The molecule has 0 radical (unpaired) electrons. The lowest BCUT2D eigenvalue weighted by Gasteiger charge is -2.30. The van der Waals surface area contributed by atoms with E-state index in [1.54, 1.807) is 7.05 Å². The predicted octanol–water partition coefficient (Wildman–Crippen LogP) is -0.0604. The van der Waals surface area contributed by atoms with E-state index in [-0.39, 0.29) is 18.0 Å². The van der Waals surface area contributed by atoms with Gasteiger partial charge in [-0.1, -0.05) is 6.42 Å². The minimum Gasteiger partial charge on any atom is -0.358 e. The molecule has 5 heteroatoms. The monoisotopic (exact) mass is 241 g/mol. The second-order valence-electron chi connectivity index (χ2n) is 4.70. The number of amides is 1. The first-order chi connectivity index (χ1) is 8.17. The Balaban J connectivity index is 2.46. The van der Waals surface area contributed by atoms with Crippen molar-refractivity contribution in [2.24, 2.45) is 5.73 Å². The van der Waals surface area contributed by atoms with Gasteiger partial charge in [0.05, 0.1) is 6.04 Å². The number of nitrogens with two attached hydrogens (primary N) is 1. The van der Waals surface area contributed by atoms with E-state index in [0.29, 0.717) is 18.9 Å².